The van der Waals surface area contributed by atoms with Crippen molar-refractivity contribution in [2.75, 3.05) is 48.6 Å². The zero-order chi connectivity index (χ0) is 23.4. The molecule has 0 aliphatic heterocycles. The molecule has 3 rings (SSSR count). The molecule has 172 valence electrons. The van der Waals surface area contributed by atoms with E-state index in [-0.39, 0.29) is 23.7 Å². The molecule has 1 aliphatic rings. The molecule has 0 bridgehead atoms. The van der Waals surface area contributed by atoms with Gasteiger partial charge < -0.3 is 20.4 Å². The second kappa shape index (κ2) is 10.1. The average molecular weight is 437 g/mol. The fourth-order valence-electron chi connectivity index (χ4n) is 4.62. The molecular weight excluding hydrogens is 400 g/mol. The third kappa shape index (κ3) is 5.61. The van der Waals surface area contributed by atoms with Gasteiger partial charge in [0.25, 0.3) is 0 Å². The number of carbonyl (C=O) groups excluding carboxylic acids is 2. The van der Waals surface area contributed by atoms with Crippen molar-refractivity contribution in [2.45, 2.75) is 39.5 Å². The van der Waals surface area contributed by atoms with Gasteiger partial charge in [-0.15, -0.1) is 0 Å². The van der Waals surface area contributed by atoms with Crippen LogP contribution in [0.4, 0.5) is 22.7 Å². The summed E-state index contributed by atoms with van der Waals surface area (Å²) < 4.78 is 0. The molecule has 1 fully saturated rings. The van der Waals surface area contributed by atoms with Crippen LogP contribution in [0.2, 0.25) is 0 Å². The van der Waals surface area contributed by atoms with Gasteiger partial charge in [0.1, 0.15) is 0 Å². The van der Waals surface area contributed by atoms with E-state index >= 15 is 0 Å². The van der Waals surface area contributed by atoms with E-state index in [9.17, 15) is 9.59 Å². The maximum Gasteiger partial charge on any atom is 0.227 e. The first kappa shape index (κ1) is 23.6. The molecule has 0 spiro atoms. The molecule has 6 heteroatoms. The molecule has 2 N–H and O–H groups in total. The first-order chi connectivity index (χ1) is 15.2. The normalized spacial score (nSPS) is 18.1. The Morgan fingerprint density at radius 3 is 1.50 bits per heavy atom. The Kier molecular flexibility index (Phi) is 7.44. The number of hydrogen-bond donors (Lipinski definition) is 2. The Labute approximate surface area is 192 Å². The highest BCUT2D eigenvalue weighted by molar-refractivity contribution is 5.96. The number of anilines is 4. The summed E-state index contributed by atoms with van der Waals surface area (Å²) in [6, 6.07) is 11.9. The number of nitrogens with zero attached hydrogens (tertiary/aromatic N) is 2. The molecular formula is C26H36N4O2. The van der Waals surface area contributed by atoms with Gasteiger partial charge in [-0.05, 0) is 80.6 Å². The van der Waals surface area contributed by atoms with Crippen molar-refractivity contribution in [3.63, 3.8) is 0 Å². The number of benzene rings is 2. The largest absolute Gasteiger partial charge is 0.377 e. The third-order valence-electron chi connectivity index (χ3n) is 6.31. The Morgan fingerprint density at radius 1 is 0.750 bits per heavy atom. The van der Waals surface area contributed by atoms with Crippen molar-refractivity contribution in [1.29, 1.82) is 0 Å². The highest BCUT2D eigenvalue weighted by Gasteiger charge is 2.31. The van der Waals surface area contributed by atoms with Crippen LogP contribution in [-0.4, -0.2) is 40.0 Å². The predicted octanol–water partition coefficient (Wildman–Crippen LogP) is 4.82. The first-order valence-electron chi connectivity index (χ1n) is 11.3. The second-order valence-corrected chi connectivity index (χ2v) is 9.33. The quantitative estimate of drug-likeness (QED) is 0.681. The minimum absolute atomic E-state index is 0.00526. The highest BCUT2D eigenvalue weighted by Crippen LogP contribution is 2.32. The summed E-state index contributed by atoms with van der Waals surface area (Å²) in [5.41, 5.74) is 6.10. The average Bonchev–Trinajstić information content (AvgIpc) is 2.73. The molecule has 1 saturated carbocycles. The van der Waals surface area contributed by atoms with Gasteiger partial charge in [-0.3, -0.25) is 9.59 Å². The number of amides is 2. The molecule has 0 saturated heterocycles. The fourth-order valence-corrected chi connectivity index (χ4v) is 4.62. The van der Waals surface area contributed by atoms with Crippen molar-refractivity contribution in [3.8, 4) is 0 Å². The van der Waals surface area contributed by atoms with Crippen LogP contribution in [0.1, 0.15) is 36.8 Å². The van der Waals surface area contributed by atoms with Crippen molar-refractivity contribution in [3.05, 3.63) is 47.5 Å². The topological polar surface area (TPSA) is 64.7 Å². The molecule has 0 aromatic heterocycles. The van der Waals surface area contributed by atoms with Crippen molar-refractivity contribution in [2.24, 2.45) is 11.8 Å². The van der Waals surface area contributed by atoms with Gasteiger partial charge in [0.2, 0.25) is 11.8 Å². The molecule has 2 aromatic rings. The molecule has 2 aromatic carbocycles. The van der Waals surface area contributed by atoms with E-state index in [1.54, 1.807) is 0 Å². The summed E-state index contributed by atoms with van der Waals surface area (Å²) in [6.45, 7) is 4.08. The molecule has 2 unspecified atom stereocenters. The Hall–Kier alpha value is -3.02. The number of hydrogen-bond acceptors (Lipinski definition) is 4. The summed E-state index contributed by atoms with van der Waals surface area (Å²) >= 11 is 0. The summed E-state index contributed by atoms with van der Waals surface area (Å²) in [7, 11) is 8.02. The molecule has 0 radical (unpaired) electrons. The molecule has 2 amide bonds. The fraction of sp³-hybridized carbons (Fsp3) is 0.462. The van der Waals surface area contributed by atoms with Gasteiger partial charge in [0, 0.05) is 62.8 Å². The van der Waals surface area contributed by atoms with E-state index in [1.807, 2.05) is 78.4 Å². The number of aryl methyl sites for hydroxylation is 2. The minimum atomic E-state index is -0.147. The van der Waals surface area contributed by atoms with Crippen LogP contribution >= 0.6 is 0 Å². The summed E-state index contributed by atoms with van der Waals surface area (Å²) in [5.74, 6) is -0.284. The van der Waals surface area contributed by atoms with Crippen LogP contribution in [-0.2, 0) is 9.59 Å². The van der Waals surface area contributed by atoms with Gasteiger partial charge in [-0.2, -0.15) is 0 Å². The van der Waals surface area contributed by atoms with Gasteiger partial charge in [-0.25, -0.2) is 0 Å². The highest BCUT2D eigenvalue weighted by atomic mass is 16.2. The summed E-state index contributed by atoms with van der Waals surface area (Å²) in [4.78, 5) is 29.9. The van der Waals surface area contributed by atoms with Crippen LogP contribution in [0, 0.1) is 25.7 Å². The van der Waals surface area contributed by atoms with E-state index in [4.69, 9.17) is 0 Å². The maximum atomic E-state index is 12.9. The first-order valence-corrected chi connectivity index (χ1v) is 11.3. The number of rotatable bonds is 6. The SMILES string of the molecule is Cc1cc(NC(=O)C2CCCC(C(=O)Nc3ccc(N(C)C)c(C)c3)C2)ccc1N(C)C. The van der Waals surface area contributed by atoms with Gasteiger partial charge in [0.15, 0.2) is 0 Å². The monoisotopic (exact) mass is 436 g/mol. The molecule has 32 heavy (non-hydrogen) atoms. The predicted molar refractivity (Wildman–Crippen MR) is 134 cm³/mol. The lowest BCUT2D eigenvalue weighted by molar-refractivity contribution is -0.124. The maximum absolute atomic E-state index is 12.9. The van der Waals surface area contributed by atoms with E-state index in [1.165, 1.54) is 0 Å². The van der Waals surface area contributed by atoms with Crippen LogP contribution in [0.5, 0.6) is 0 Å². The summed E-state index contributed by atoms with van der Waals surface area (Å²) in [5, 5.41) is 6.12. The Bertz CT molecular complexity index is 906. The molecule has 1 aliphatic carbocycles. The van der Waals surface area contributed by atoms with Gasteiger partial charge >= 0.3 is 0 Å². The summed E-state index contributed by atoms with van der Waals surface area (Å²) in [6.07, 6.45) is 3.11. The van der Waals surface area contributed by atoms with Gasteiger partial charge in [-0.1, -0.05) is 6.42 Å². The molecule has 6 nitrogen and oxygen atoms in total. The lowest BCUT2D eigenvalue weighted by Crippen LogP contribution is -2.33. The standard InChI is InChI=1S/C26H36N4O2/c1-17-14-21(10-12-23(17)29(3)4)27-25(31)19-8-7-9-20(16-19)26(32)28-22-11-13-24(30(5)6)18(2)15-22/h10-15,19-20H,7-9,16H2,1-6H3,(H,27,31)(H,28,32). The van der Waals surface area contributed by atoms with Crippen molar-refractivity contribution < 1.29 is 9.59 Å². The number of nitrogens with one attached hydrogen (secondary N) is 2. The van der Waals surface area contributed by atoms with E-state index in [0.29, 0.717) is 6.42 Å². The lowest BCUT2D eigenvalue weighted by atomic mass is 9.80. The lowest BCUT2D eigenvalue weighted by Gasteiger charge is -2.28. The van der Waals surface area contributed by atoms with E-state index in [0.717, 1.165) is 53.1 Å². The van der Waals surface area contributed by atoms with Crippen molar-refractivity contribution in [1.82, 2.24) is 0 Å². The van der Waals surface area contributed by atoms with Crippen LogP contribution < -0.4 is 20.4 Å². The molecule has 0 heterocycles. The minimum Gasteiger partial charge on any atom is -0.377 e. The Morgan fingerprint density at radius 2 is 1.16 bits per heavy atom. The number of carbonyl (C=O) groups is 2. The zero-order valence-corrected chi connectivity index (χ0v) is 20.2. The third-order valence-corrected chi connectivity index (χ3v) is 6.31. The van der Waals surface area contributed by atoms with E-state index < -0.39 is 0 Å². The second-order valence-electron chi connectivity index (χ2n) is 9.33. The van der Waals surface area contributed by atoms with Crippen molar-refractivity contribution >= 4 is 34.6 Å². The molecule has 2 atom stereocenters. The van der Waals surface area contributed by atoms with Crippen LogP contribution in [0.25, 0.3) is 0 Å². The Balaban J connectivity index is 1.60. The zero-order valence-electron chi connectivity index (χ0n) is 20.2. The van der Waals surface area contributed by atoms with Gasteiger partial charge in [0.05, 0.1) is 0 Å². The smallest absolute Gasteiger partial charge is 0.227 e. The van der Waals surface area contributed by atoms with Crippen LogP contribution in [0.15, 0.2) is 36.4 Å². The van der Waals surface area contributed by atoms with Crippen LogP contribution in [0.3, 0.4) is 0 Å². The van der Waals surface area contributed by atoms with E-state index in [2.05, 4.69) is 20.4 Å².